The Morgan fingerprint density at radius 1 is 0.266 bits per heavy atom. The molecule has 0 aliphatic carbocycles. The third-order valence-corrected chi connectivity index (χ3v) is 15.5. The van der Waals surface area contributed by atoms with Gasteiger partial charge in [0.25, 0.3) is 0 Å². The fraction of sp³-hybridized carbons (Fsp3) is 0.822. The summed E-state index contributed by atoms with van der Waals surface area (Å²) in [7, 11) is 0. The Morgan fingerprint density at radius 2 is 0.494 bits per heavy atom. The van der Waals surface area contributed by atoms with Crippen LogP contribution in [0.3, 0.4) is 0 Å². The van der Waals surface area contributed by atoms with Gasteiger partial charge in [0.1, 0.15) is 13.2 Å². The van der Waals surface area contributed by atoms with Crippen molar-refractivity contribution >= 4 is 17.9 Å². The Bertz CT molecular complexity index is 1410. The largest absolute Gasteiger partial charge is 0.462 e. The quantitative estimate of drug-likeness (QED) is 0.0261. The number of carbonyl (C=O) groups is 3. The summed E-state index contributed by atoms with van der Waals surface area (Å²) in [6, 6.07) is 0. The van der Waals surface area contributed by atoms with E-state index in [1.165, 1.54) is 244 Å². The van der Waals surface area contributed by atoms with Gasteiger partial charge in [-0.05, 0) is 83.5 Å². The number of hydrogen-bond donors (Lipinski definition) is 0. The lowest BCUT2D eigenvalue weighted by atomic mass is 10.0. The van der Waals surface area contributed by atoms with Gasteiger partial charge >= 0.3 is 17.9 Å². The molecule has 0 aromatic rings. The highest BCUT2D eigenvalue weighted by Gasteiger charge is 2.19. The summed E-state index contributed by atoms with van der Waals surface area (Å²) in [6.07, 6.45) is 86.9. The van der Waals surface area contributed by atoms with Crippen LogP contribution >= 0.6 is 0 Å². The molecule has 79 heavy (non-hydrogen) atoms. The summed E-state index contributed by atoms with van der Waals surface area (Å²) in [5.74, 6) is -0.851. The van der Waals surface area contributed by atoms with Gasteiger partial charge in [-0.1, -0.05) is 326 Å². The summed E-state index contributed by atoms with van der Waals surface area (Å²) in [6.45, 7) is 6.56. The first-order valence-corrected chi connectivity index (χ1v) is 34.8. The first-order valence-electron chi connectivity index (χ1n) is 34.8. The predicted octanol–water partition coefficient (Wildman–Crippen LogP) is 23.9. The lowest BCUT2D eigenvalue weighted by Crippen LogP contribution is -2.30. The van der Waals surface area contributed by atoms with Gasteiger partial charge in [0.05, 0.1) is 0 Å². The van der Waals surface area contributed by atoms with Gasteiger partial charge in [0.2, 0.25) is 0 Å². The molecule has 0 N–H and O–H groups in total. The van der Waals surface area contributed by atoms with E-state index in [2.05, 4.69) is 81.5 Å². The van der Waals surface area contributed by atoms with Crippen LogP contribution in [0.2, 0.25) is 0 Å². The minimum atomic E-state index is -0.771. The maximum Gasteiger partial charge on any atom is 0.306 e. The zero-order valence-corrected chi connectivity index (χ0v) is 52.9. The third-order valence-electron chi connectivity index (χ3n) is 15.5. The maximum absolute atomic E-state index is 12.9. The molecule has 6 heteroatoms. The lowest BCUT2D eigenvalue weighted by molar-refractivity contribution is -0.167. The summed E-state index contributed by atoms with van der Waals surface area (Å²) >= 11 is 0. The van der Waals surface area contributed by atoms with Crippen LogP contribution in [0.25, 0.3) is 0 Å². The van der Waals surface area contributed by atoms with Crippen molar-refractivity contribution in [1.82, 2.24) is 0 Å². The molecule has 0 aromatic carbocycles. The maximum atomic E-state index is 12.9. The Kier molecular flexibility index (Phi) is 65.1. The van der Waals surface area contributed by atoms with Crippen molar-refractivity contribution in [3.8, 4) is 0 Å². The van der Waals surface area contributed by atoms with Crippen LogP contribution < -0.4 is 0 Å². The molecule has 1 unspecified atom stereocenters. The van der Waals surface area contributed by atoms with E-state index >= 15 is 0 Å². The Balaban J connectivity index is 4.13. The fourth-order valence-corrected chi connectivity index (χ4v) is 10.3. The molecule has 0 radical (unpaired) electrons. The number of hydrogen-bond acceptors (Lipinski definition) is 6. The molecule has 0 aromatic heterocycles. The SMILES string of the molecule is CC/C=C\C/C=C\C/C=C\C/C=C\CCCCCCCCCCCCCCCCC(=O)OCC(COC(=O)CCCCCCCCCCC)OC(=O)CCCCCCCCCCCCCCC/C=C\CCCCCCCCCC. The number of unbranched alkanes of at least 4 members (excludes halogenated alkanes) is 43. The molecule has 0 heterocycles. The van der Waals surface area contributed by atoms with Crippen LogP contribution in [-0.4, -0.2) is 37.2 Å². The molecule has 1 atom stereocenters. The molecule has 0 rings (SSSR count). The van der Waals surface area contributed by atoms with Crippen LogP contribution in [0, 0.1) is 0 Å². The highest BCUT2D eigenvalue weighted by atomic mass is 16.6. The first-order chi connectivity index (χ1) is 39.0. The van der Waals surface area contributed by atoms with Crippen LogP contribution in [0.5, 0.6) is 0 Å². The van der Waals surface area contributed by atoms with Gasteiger partial charge in [0.15, 0.2) is 6.10 Å². The molecule has 0 saturated carbocycles. The number of ether oxygens (including phenoxy) is 3. The molecule has 0 saturated heterocycles. The van der Waals surface area contributed by atoms with Gasteiger partial charge in [-0.15, -0.1) is 0 Å². The fourth-order valence-electron chi connectivity index (χ4n) is 10.3. The zero-order valence-electron chi connectivity index (χ0n) is 52.9. The van der Waals surface area contributed by atoms with E-state index < -0.39 is 6.10 Å². The summed E-state index contributed by atoms with van der Waals surface area (Å²) in [5, 5.41) is 0. The van der Waals surface area contributed by atoms with Gasteiger partial charge in [-0.25, -0.2) is 0 Å². The van der Waals surface area contributed by atoms with Crippen LogP contribution in [0.1, 0.15) is 367 Å². The average molecular weight is 1110 g/mol. The minimum Gasteiger partial charge on any atom is -0.462 e. The molecule has 0 aliphatic rings. The molecule has 0 aliphatic heterocycles. The highest BCUT2D eigenvalue weighted by molar-refractivity contribution is 5.71. The molecule has 6 nitrogen and oxygen atoms in total. The minimum absolute atomic E-state index is 0.0693. The van der Waals surface area contributed by atoms with Gasteiger partial charge < -0.3 is 14.2 Å². The molecular weight excluding hydrogens is 973 g/mol. The molecule has 0 amide bonds. The monoisotopic (exact) mass is 1110 g/mol. The van der Waals surface area contributed by atoms with Gasteiger partial charge in [-0.3, -0.25) is 14.4 Å². The van der Waals surface area contributed by atoms with Gasteiger partial charge in [-0.2, -0.15) is 0 Å². The smallest absolute Gasteiger partial charge is 0.306 e. The highest BCUT2D eigenvalue weighted by Crippen LogP contribution is 2.18. The van der Waals surface area contributed by atoms with Crippen LogP contribution in [0.15, 0.2) is 60.8 Å². The van der Waals surface area contributed by atoms with E-state index in [-0.39, 0.29) is 31.1 Å². The lowest BCUT2D eigenvalue weighted by Gasteiger charge is -2.18. The molecule has 460 valence electrons. The van der Waals surface area contributed by atoms with Crippen LogP contribution in [0.4, 0.5) is 0 Å². The second kappa shape index (κ2) is 67.6. The summed E-state index contributed by atoms with van der Waals surface area (Å²) in [4.78, 5) is 38.3. The molecule has 0 bridgehead atoms. The van der Waals surface area contributed by atoms with E-state index in [1.54, 1.807) is 0 Å². The molecule has 0 fully saturated rings. The predicted molar refractivity (Wildman–Crippen MR) is 344 cm³/mol. The van der Waals surface area contributed by atoms with E-state index in [0.717, 1.165) is 83.5 Å². The van der Waals surface area contributed by atoms with Crippen molar-refractivity contribution in [2.45, 2.75) is 374 Å². The standard InChI is InChI=1S/C73H132O6/c1-4-7-10-13-16-19-21-23-25-27-29-31-33-35-36-38-39-41-43-45-47-49-51-54-57-60-63-66-72(75)78-69-70(68-77-71(74)65-62-59-56-53-18-15-12-9-6-3)79-73(76)67-64-61-58-55-52-50-48-46-44-42-40-37-34-32-30-28-26-24-22-20-17-14-11-8-5-2/h7,10,16,19,23,25,28-31,70H,4-6,8-9,11-15,17-18,20-22,24,26-27,32-69H2,1-3H3/b10-7-,19-16-,25-23-,30-28-,31-29-. The normalized spacial score (nSPS) is 12.4. The van der Waals surface area contributed by atoms with E-state index in [9.17, 15) is 14.4 Å². The second-order valence-electron chi connectivity index (χ2n) is 23.4. The van der Waals surface area contributed by atoms with Crippen molar-refractivity contribution in [2.75, 3.05) is 13.2 Å². The van der Waals surface area contributed by atoms with E-state index in [4.69, 9.17) is 14.2 Å². The molecule has 0 spiro atoms. The van der Waals surface area contributed by atoms with Crippen molar-refractivity contribution in [3.63, 3.8) is 0 Å². The third kappa shape index (κ3) is 65.8. The Morgan fingerprint density at radius 3 is 0.785 bits per heavy atom. The average Bonchev–Trinajstić information content (AvgIpc) is 3.45. The summed E-state index contributed by atoms with van der Waals surface area (Å²) in [5.41, 5.74) is 0. The Hall–Kier alpha value is -2.89. The van der Waals surface area contributed by atoms with E-state index in [1.807, 2.05) is 0 Å². The topological polar surface area (TPSA) is 78.9 Å². The first kappa shape index (κ1) is 76.1. The zero-order chi connectivity index (χ0) is 57.1. The van der Waals surface area contributed by atoms with Crippen molar-refractivity contribution in [1.29, 1.82) is 0 Å². The van der Waals surface area contributed by atoms with E-state index in [0.29, 0.717) is 19.3 Å². The molecular formula is C73H132O6. The second-order valence-corrected chi connectivity index (χ2v) is 23.4. The van der Waals surface area contributed by atoms with Crippen LogP contribution in [-0.2, 0) is 28.6 Å². The Labute approximate surface area is 491 Å². The number of esters is 3. The van der Waals surface area contributed by atoms with Crippen molar-refractivity contribution in [3.05, 3.63) is 60.8 Å². The number of rotatable bonds is 64. The summed E-state index contributed by atoms with van der Waals surface area (Å²) < 4.78 is 16.9. The van der Waals surface area contributed by atoms with Crippen molar-refractivity contribution in [2.24, 2.45) is 0 Å². The van der Waals surface area contributed by atoms with Crippen molar-refractivity contribution < 1.29 is 28.6 Å². The number of carbonyl (C=O) groups excluding carboxylic acids is 3. The number of allylic oxidation sites excluding steroid dienone is 10. The van der Waals surface area contributed by atoms with Gasteiger partial charge in [0, 0.05) is 19.3 Å².